The lowest BCUT2D eigenvalue weighted by Crippen LogP contribution is -2.44. The normalized spacial score (nSPS) is 17.4. The fraction of sp³-hybridized carbons (Fsp3) is 0.273. The molecule has 28 heavy (non-hydrogen) atoms. The standard InChI is InChI=1S/C22H22N2O3S/c25-22(20-16-28-21(23-20)18-9-5-2-6-10-18)27-15-19-14-24(11-12-26-19)13-17-7-3-1-4-8-17/h1-10,16,19H,11-15H2. The summed E-state index contributed by atoms with van der Waals surface area (Å²) in [4.78, 5) is 19.1. The average Bonchev–Trinajstić information content (AvgIpc) is 3.24. The Balaban J connectivity index is 1.29. The van der Waals surface area contributed by atoms with Gasteiger partial charge >= 0.3 is 5.97 Å². The van der Waals surface area contributed by atoms with E-state index in [0.29, 0.717) is 12.3 Å². The minimum absolute atomic E-state index is 0.117. The number of aromatic nitrogens is 1. The Morgan fingerprint density at radius 2 is 1.89 bits per heavy atom. The zero-order valence-corrected chi connectivity index (χ0v) is 16.3. The molecule has 0 amide bonds. The molecule has 1 aromatic heterocycles. The highest BCUT2D eigenvalue weighted by Crippen LogP contribution is 2.23. The topological polar surface area (TPSA) is 51.7 Å². The average molecular weight is 394 g/mol. The van der Waals surface area contributed by atoms with Gasteiger partial charge in [0.15, 0.2) is 5.69 Å². The molecule has 2 heterocycles. The molecule has 0 spiro atoms. The molecule has 5 nitrogen and oxygen atoms in total. The maximum atomic E-state index is 12.4. The number of carbonyl (C=O) groups is 1. The highest BCUT2D eigenvalue weighted by Gasteiger charge is 2.23. The highest BCUT2D eigenvalue weighted by molar-refractivity contribution is 7.13. The number of hydrogen-bond donors (Lipinski definition) is 0. The maximum absolute atomic E-state index is 12.4. The third-order valence-electron chi connectivity index (χ3n) is 4.61. The van der Waals surface area contributed by atoms with Gasteiger partial charge in [0.1, 0.15) is 17.7 Å². The zero-order chi connectivity index (χ0) is 19.2. The van der Waals surface area contributed by atoms with Crippen molar-refractivity contribution in [1.82, 2.24) is 9.88 Å². The molecule has 144 valence electrons. The molecule has 0 N–H and O–H groups in total. The van der Waals surface area contributed by atoms with Crippen molar-refractivity contribution in [2.45, 2.75) is 12.6 Å². The van der Waals surface area contributed by atoms with Crippen LogP contribution in [0, 0.1) is 0 Å². The highest BCUT2D eigenvalue weighted by atomic mass is 32.1. The van der Waals surface area contributed by atoms with E-state index in [9.17, 15) is 4.79 Å². The van der Waals surface area contributed by atoms with Crippen LogP contribution >= 0.6 is 11.3 Å². The van der Waals surface area contributed by atoms with Crippen LogP contribution in [-0.4, -0.2) is 48.3 Å². The Morgan fingerprint density at radius 1 is 1.14 bits per heavy atom. The van der Waals surface area contributed by atoms with Gasteiger partial charge in [-0.3, -0.25) is 4.90 Å². The SMILES string of the molecule is O=C(OCC1CN(Cc2ccccc2)CCO1)c1csc(-c2ccccc2)n1. The van der Waals surface area contributed by atoms with E-state index in [1.54, 1.807) is 5.38 Å². The number of morpholine rings is 1. The molecule has 1 atom stereocenters. The first-order valence-electron chi connectivity index (χ1n) is 9.34. The van der Waals surface area contributed by atoms with Gasteiger partial charge in [-0.2, -0.15) is 0 Å². The summed E-state index contributed by atoms with van der Waals surface area (Å²) in [5.74, 6) is -0.401. The molecule has 6 heteroatoms. The van der Waals surface area contributed by atoms with Gasteiger partial charge in [-0.15, -0.1) is 11.3 Å². The van der Waals surface area contributed by atoms with Gasteiger partial charge in [-0.25, -0.2) is 9.78 Å². The predicted octanol–water partition coefficient (Wildman–Crippen LogP) is 3.87. The van der Waals surface area contributed by atoms with Gasteiger partial charge in [0.25, 0.3) is 0 Å². The molecule has 0 aliphatic carbocycles. The summed E-state index contributed by atoms with van der Waals surface area (Å²) >= 11 is 1.44. The lowest BCUT2D eigenvalue weighted by molar-refractivity contribution is -0.0613. The smallest absolute Gasteiger partial charge is 0.357 e. The van der Waals surface area contributed by atoms with Gasteiger partial charge in [-0.1, -0.05) is 60.7 Å². The summed E-state index contributed by atoms with van der Waals surface area (Å²) in [5.41, 5.74) is 2.62. The number of hydrogen-bond acceptors (Lipinski definition) is 6. The van der Waals surface area contributed by atoms with Crippen LogP contribution in [0.25, 0.3) is 10.6 Å². The van der Waals surface area contributed by atoms with Crippen LogP contribution in [0.2, 0.25) is 0 Å². The molecule has 2 aromatic carbocycles. The van der Waals surface area contributed by atoms with E-state index in [-0.39, 0.29) is 12.7 Å². The third-order valence-corrected chi connectivity index (χ3v) is 5.50. The third kappa shape index (κ3) is 4.84. The predicted molar refractivity (Wildman–Crippen MR) is 109 cm³/mol. The molecule has 0 bridgehead atoms. The Kier molecular flexibility index (Phi) is 6.11. The largest absolute Gasteiger partial charge is 0.458 e. The van der Waals surface area contributed by atoms with Gasteiger partial charge in [-0.05, 0) is 5.56 Å². The molecule has 1 aliphatic heterocycles. The van der Waals surface area contributed by atoms with E-state index < -0.39 is 5.97 Å². The van der Waals surface area contributed by atoms with Crippen molar-refractivity contribution in [1.29, 1.82) is 0 Å². The molecule has 3 aromatic rings. The first-order chi connectivity index (χ1) is 13.8. The van der Waals surface area contributed by atoms with Crippen LogP contribution in [0.3, 0.4) is 0 Å². The first-order valence-corrected chi connectivity index (χ1v) is 10.2. The van der Waals surface area contributed by atoms with Gasteiger partial charge in [0, 0.05) is 30.6 Å². The van der Waals surface area contributed by atoms with Crippen LogP contribution < -0.4 is 0 Å². The molecular formula is C22H22N2O3S. The molecule has 1 aliphatic rings. The minimum atomic E-state index is -0.401. The second-order valence-corrected chi connectivity index (χ2v) is 7.57. The van der Waals surface area contributed by atoms with E-state index in [1.807, 2.05) is 48.5 Å². The summed E-state index contributed by atoms with van der Waals surface area (Å²) in [6.07, 6.45) is -0.117. The maximum Gasteiger partial charge on any atom is 0.357 e. The van der Waals surface area contributed by atoms with Crippen molar-refractivity contribution >= 4 is 17.3 Å². The number of carbonyl (C=O) groups excluding carboxylic acids is 1. The number of ether oxygens (including phenoxy) is 2. The van der Waals surface area contributed by atoms with Crippen LogP contribution in [0.1, 0.15) is 16.1 Å². The van der Waals surface area contributed by atoms with E-state index in [2.05, 4.69) is 22.0 Å². The van der Waals surface area contributed by atoms with Crippen molar-refractivity contribution in [2.24, 2.45) is 0 Å². The van der Waals surface area contributed by atoms with Crippen molar-refractivity contribution in [3.63, 3.8) is 0 Å². The number of thiazole rings is 1. The summed E-state index contributed by atoms with van der Waals surface area (Å²) in [7, 11) is 0. The summed E-state index contributed by atoms with van der Waals surface area (Å²) in [5, 5.41) is 2.56. The molecular weight excluding hydrogens is 372 g/mol. The summed E-state index contributed by atoms with van der Waals surface area (Å²) < 4.78 is 11.2. The Hall–Kier alpha value is -2.54. The fourth-order valence-corrected chi connectivity index (χ4v) is 3.99. The molecule has 1 unspecified atom stereocenters. The van der Waals surface area contributed by atoms with Crippen LogP contribution in [0.15, 0.2) is 66.0 Å². The molecule has 1 fully saturated rings. The quantitative estimate of drug-likeness (QED) is 0.594. The second kappa shape index (κ2) is 9.10. The van der Waals surface area contributed by atoms with E-state index in [1.165, 1.54) is 16.9 Å². The number of nitrogens with zero attached hydrogens (tertiary/aromatic N) is 2. The fourth-order valence-electron chi connectivity index (χ4n) is 3.19. The lowest BCUT2D eigenvalue weighted by Gasteiger charge is -2.32. The van der Waals surface area contributed by atoms with Crippen LogP contribution in [-0.2, 0) is 16.0 Å². The van der Waals surface area contributed by atoms with Crippen molar-refractivity contribution in [3.8, 4) is 10.6 Å². The molecule has 0 saturated carbocycles. The van der Waals surface area contributed by atoms with Gasteiger partial charge < -0.3 is 9.47 Å². The van der Waals surface area contributed by atoms with Crippen molar-refractivity contribution in [2.75, 3.05) is 26.3 Å². The van der Waals surface area contributed by atoms with E-state index in [4.69, 9.17) is 9.47 Å². The van der Waals surface area contributed by atoms with Crippen LogP contribution in [0.5, 0.6) is 0 Å². The van der Waals surface area contributed by atoms with Crippen molar-refractivity contribution in [3.05, 3.63) is 77.3 Å². The molecule has 4 rings (SSSR count). The van der Waals surface area contributed by atoms with Crippen molar-refractivity contribution < 1.29 is 14.3 Å². The summed E-state index contributed by atoms with van der Waals surface area (Å²) in [6, 6.07) is 20.2. The Labute approximate surface area is 168 Å². The Morgan fingerprint density at radius 3 is 2.68 bits per heavy atom. The van der Waals surface area contributed by atoms with E-state index >= 15 is 0 Å². The first kappa shape index (κ1) is 18.8. The number of rotatable bonds is 6. The summed E-state index contributed by atoms with van der Waals surface area (Å²) in [6.45, 7) is 3.38. The molecule has 0 radical (unpaired) electrons. The van der Waals surface area contributed by atoms with Gasteiger partial charge in [0.05, 0.1) is 6.61 Å². The monoisotopic (exact) mass is 394 g/mol. The van der Waals surface area contributed by atoms with Gasteiger partial charge in [0.2, 0.25) is 0 Å². The Bertz CT molecular complexity index is 898. The zero-order valence-electron chi connectivity index (χ0n) is 15.5. The minimum Gasteiger partial charge on any atom is -0.458 e. The second-order valence-electron chi connectivity index (χ2n) is 6.72. The number of benzene rings is 2. The van der Waals surface area contributed by atoms with E-state index in [0.717, 1.165) is 30.2 Å². The lowest BCUT2D eigenvalue weighted by atomic mass is 10.2. The molecule has 1 saturated heterocycles. The number of esters is 1. The van der Waals surface area contributed by atoms with Crippen LogP contribution in [0.4, 0.5) is 0 Å².